The fourth-order valence-electron chi connectivity index (χ4n) is 5.45. The maximum absolute atomic E-state index is 14.7. The molecule has 17 nitrogen and oxygen atoms in total. The second-order valence-electron chi connectivity index (χ2n) is 11.1. The lowest BCUT2D eigenvalue weighted by molar-refractivity contribution is -0.121. The number of imide groups is 1. The largest absolute Gasteiger partial charge is 0.490 e. The van der Waals surface area contributed by atoms with Crippen LogP contribution in [-0.4, -0.2) is 76.1 Å². The summed E-state index contributed by atoms with van der Waals surface area (Å²) in [5.41, 5.74) is 0.992. The maximum atomic E-state index is 14.7. The number of halogens is 1. The molecular formula is C34H33FN6O11S. The van der Waals surface area contributed by atoms with Gasteiger partial charge in [-0.25, -0.2) is 18.8 Å². The van der Waals surface area contributed by atoms with Crippen LogP contribution in [0.4, 0.5) is 26.5 Å². The van der Waals surface area contributed by atoms with Crippen molar-refractivity contribution in [2.75, 3.05) is 49.1 Å². The number of hydrogen-bond acceptors (Lipinski definition) is 13. The number of nitrogens with zero attached hydrogens (tertiary/aromatic N) is 4. The van der Waals surface area contributed by atoms with Gasteiger partial charge in [0.2, 0.25) is 17.7 Å². The first-order valence-electron chi connectivity index (χ1n) is 15.9. The fraction of sp³-hybridized carbons (Fsp3) is 0.294. The van der Waals surface area contributed by atoms with Crippen molar-refractivity contribution in [1.29, 1.82) is 0 Å². The van der Waals surface area contributed by atoms with Crippen LogP contribution in [-0.2, 0) is 24.7 Å². The molecule has 1 aromatic heterocycles. The van der Waals surface area contributed by atoms with Crippen molar-refractivity contribution >= 4 is 51.4 Å². The van der Waals surface area contributed by atoms with Crippen LogP contribution in [0.15, 0.2) is 53.6 Å². The summed E-state index contributed by atoms with van der Waals surface area (Å²) in [6.45, 7) is 1.78. The molecule has 3 heterocycles. The lowest BCUT2D eigenvalue weighted by atomic mass is 9.93. The molecular weight excluding hydrogens is 719 g/mol. The SMILES string of the molecule is C#CCN1C(=O)COc2cc(F)c(N3C(=O)C4=C(CCCC4)C3=O)cc21.CCOc1ccccc1OS(=O)(=O)NC(=O)Nc1nc(OC)cc(OC)n1. The zero-order valence-electron chi connectivity index (χ0n) is 28.6. The average Bonchev–Trinajstić information content (AvgIpc) is 3.38. The number of para-hydroxylation sites is 2. The number of benzene rings is 2. The van der Waals surface area contributed by atoms with Crippen LogP contribution in [0.5, 0.6) is 29.0 Å². The Morgan fingerprint density at radius 1 is 0.981 bits per heavy atom. The lowest BCUT2D eigenvalue weighted by Crippen LogP contribution is -2.39. The molecule has 3 aliphatic rings. The Balaban J connectivity index is 0.000000204. The minimum absolute atomic E-state index is 0.0170. The third kappa shape index (κ3) is 8.56. The second kappa shape index (κ2) is 16.3. The van der Waals surface area contributed by atoms with Gasteiger partial charge in [0, 0.05) is 17.2 Å². The van der Waals surface area contributed by atoms with Crippen LogP contribution in [0.3, 0.4) is 0 Å². The van der Waals surface area contributed by atoms with Crippen LogP contribution >= 0.6 is 0 Å². The van der Waals surface area contributed by atoms with E-state index in [1.807, 2.05) is 0 Å². The van der Waals surface area contributed by atoms with E-state index in [0.717, 1.165) is 23.8 Å². The molecule has 53 heavy (non-hydrogen) atoms. The minimum atomic E-state index is -4.49. The third-order valence-corrected chi connectivity index (χ3v) is 8.58. The number of amides is 5. The normalized spacial score (nSPS) is 14.9. The van der Waals surface area contributed by atoms with Crippen LogP contribution in [0, 0.1) is 18.2 Å². The van der Waals surface area contributed by atoms with Crippen molar-refractivity contribution in [3.63, 3.8) is 0 Å². The van der Waals surface area contributed by atoms with Crippen LogP contribution in [0.25, 0.3) is 0 Å². The zero-order valence-corrected chi connectivity index (χ0v) is 29.5. The van der Waals surface area contributed by atoms with E-state index in [-0.39, 0.29) is 65.4 Å². The summed E-state index contributed by atoms with van der Waals surface area (Å²) in [7, 11) is -1.76. The number of nitrogens with one attached hydrogen (secondary N) is 2. The average molecular weight is 753 g/mol. The van der Waals surface area contributed by atoms with Crippen molar-refractivity contribution in [3.8, 4) is 41.4 Å². The molecule has 0 atom stereocenters. The number of rotatable bonds is 10. The van der Waals surface area contributed by atoms with Crippen LogP contribution < -0.4 is 43.0 Å². The number of aromatic nitrogens is 2. The van der Waals surface area contributed by atoms with E-state index in [0.29, 0.717) is 30.6 Å². The van der Waals surface area contributed by atoms with Crippen molar-refractivity contribution in [1.82, 2.24) is 14.7 Å². The fourth-order valence-corrected chi connectivity index (χ4v) is 6.14. The summed E-state index contributed by atoms with van der Waals surface area (Å²) < 4.78 is 65.8. The highest BCUT2D eigenvalue weighted by Gasteiger charge is 2.41. The minimum Gasteiger partial charge on any atom is -0.490 e. The molecule has 0 radical (unpaired) electrons. The third-order valence-electron chi connectivity index (χ3n) is 7.74. The molecule has 5 amide bonds. The summed E-state index contributed by atoms with van der Waals surface area (Å²) in [4.78, 5) is 59.2. The van der Waals surface area contributed by atoms with E-state index in [9.17, 15) is 32.0 Å². The van der Waals surface area contributed by atoms with Crippen LogP contribution in [0.1, 0.15) is 32.6 Å². The van der Waals surface area contributed by atoms with Gasteiger partial charge in [-0.2, -0.15) is 18.4 Å². The summed E-state index contributed by atoms with van der Waals surface area (Å²) in [6.07, 6.45) is 8.01. The smallest absolute Gasteiger partial charge is 0.411 e. The lowest BCUT2D eigenvalue weighted by Gasteiger charge is -2.29. The number of hydrogen-bond donors (Lipinski definition) is 2. The molecule has 2 aliphatic heterocycles. The van der Waals surface area contributed by atoms with Gasteiger partial charge in [-0.1, -0.05) is 18.1 Å². The molecule has 0 saturated carbocycles. The Hall–Kier alpha value is -6.42. The van der Waals surface area contributed by atoms with E-state index < -0.39 is 34.0 Å². The standard InChI is InChI=1S/C19H15FN2O4.C15H18N4O7S/c1-2-7-21-15-9-14(13(20)8-16(15)26-10-17(21)23)22-18(24)11-5-3-4-6-12(11)19(22)25;1-4-25-10-7-5-6-8-11(10)26-27(21,22)19-15(20)18-14-16-12(23-2)9-13(17-14)24-3/h1,8-9H,3-7,10H2;5-9H,4H2,1-3H3,(H2,16,17,18,19,20). The highest BCUT2D eigenvalue weighted by molar-refractivity contribution is 7.85. The Labute approximate surface area is 303 Å². The molecule has 0 bridgehead atoms. The summed E-state index contributed by atoms with van der Waals surface area (Å²) in [5.74, 6) is 0.547. The number of carbonyl (C=O) groups excluding carboxylic acids is 4. The molecule has 0 spiro atoms. The molecule has 2 N–H and O–H groups in total. The number of urea groups is 1. The highest BCUT2D eigenvalue weighted by atomic mass is 32.2. The molecule has 2 aromatic carbocycles. The van der Waals surface area contributed by atoms with Crippen molar-refractivity contribution in [2.45, 2.75) is 32.6 Å². The quantitative estimate of drug-likeness (QED) is 0.226. The highest BCUT2D eigenvalue weighted by Crippen LogP contribution is 2.41. The van der Waals surface area contributed by atoms with E-state index in [1.54, 1.807) is 23.8 Å². The number of carbonyl (C=O) groups is 4. The van der Waals surface area contributed by atoms with Gasteiger partial charge in [-0.05, 0) is 50.8 Å². The van der Waals surface area contributed by atoms with Gasteiger partial charge in [0.1, 0.15) is 5.75 Å². The molecule has 0 unspecified atom stereocenters. The molecule has 1 aliphatic carbocycles. The first-order chi connectivity index (χ1) is 25.4. The topological polar surface area (TPSA) is 205 Å². The van der Waals surface area contributed by atoms with E-state index in [1.165, 1.54) is 43.4 Å². The van der Waals surface area contributed by atoms with Gasteiger partial charge in [0.25, 0.3) is 17.7 Å². The first kappa shape index (κ1) is 37.8. The zero-order chi connectivity index (χ0) is 38.3. The molecule has 19 heteroatoms. The van der Waals surface area contributed by atoms with Crippen LogP contribution in [0.2, 0.25) is 0 Å². The Kier molecular flexibility index (Phi) is 11.6. The van der Waals surface area contributed by atoms with Crippen molar-refractivity contribution in [2.24, 2.45) is 0 Å². The van der Waals surface area contributed by atoms with Gasteiger partial charge in [-0.3, -0.25) is 24.6 Å². The summed E-state index contributed by atoms with van der Waals surface area (Å²) in [5, 5.41) is 2.15. The van der Waals surface area contributed by atoms with Gasteiger partial charge in [-0.15, -0.1) is 6.42 Å². The monoisotopic (exact) mass is 752 g/mol. The number of methoxy groups -OCH3 is 2. The van der Waals surface area contributed by atoms with Gasteiger partial charge in [0.15, 0.2) is 23.9 Å². The van der Waals surface area contributed by atoms with E-state index >= 15 is 0 Å². The molecule has 0 saturated heterocycles. The van der Waals surface area contributed by atoms with Gasteiger partial charge < -0.3 is 23.1 Å². The van der Waals surface area contributed by atoms with Gasteiger partial charge >= 0.3 is 16.3 Å². The second-order valence-corrected chi connectivity index (χ2v) is 12.4. The summed E-state index contributed by atoms with van der Waals surface area (Å²) >= 11 is 0. The Morgan fingerprint density at radius 3 is 2.19 bits per heavy atom. The Morgan fingerprint density at radius 2 is 1.60 bits per heavy atom. The van der Waals surface area contributed by atoms with E-state index in [2.05, 4.69) is 21.2 Å². The van der Waals surface area contributed by atoms with E-state index in [4.69, 9.17) is 29.6 Å². The van der Waals surface area contributed by atoms with Crippen molar-refractivity contribution in [3.05, 3.63) is 59.4 Å². The Bertz CT molecular complexity index is 2090. The number of terminal acetylenes is 1. The van der Waals surface area contributed by atoms with Crippen molar-refractivity contribution < 1.29 is 55.1 Å². The predicted molar refractivity (Wildman–Crippen MR) is 186 cm³/mol. The van der Waals surface area contributed by atoms with Gasteiger partial charge in [0.05, 0.1) is 44.8 Å². The number of fused-ring (bicyclic) bond motifs is 1. The maximum Gasteiger partial charge on any atom is 0.411 e. The summed E-state index contributed by atoms with van der Waals surface area (Å²) in [6, 6.07) is 8.74. The number of ether oxygens (including phenoxy) is 4. The molecule has 278 valence electrons. The molecule has 6 rings (SSSR count). The molecule has 0 fully saturated rings. The molecule has 3 aromatic rings. The first-order valence-corrected chi connectivity index (χ1v) is 17.3. The number of anilines is 3. The predicted octanol–water partition coefficient (Wildman–Crippen LogP) is 3.27.